The van der Waals surface area contributed by atoms with E-state index in [4.69, 9.17) is 14.6 Å². The van der Waals surface area contributed by atoms with E-state index in [2.05, 4.69) is 19.6 Å². The highest BCUT2D eigenvalue weighted by Gasteiger charge is 2.21. The average molecular weight is 407 g/mol. The van der Waals surface area contributed by atoms with Crippen LogP contribution in [0.1, 0.15) is 12.8 Å². The third-order valence-corrected chi connectivity index (χ3v) is 5.41. The molecule has 152 valence electrons. The lowest BCUT2D eigenvalue weighted by atomic mass is 9.97. The van der Waals surface area contributed by atoms with Crippen molar-refractivity contribution in [2.45, 2.75) is 12.8 Å². The summed E-state index contributed by atoms with van der Waals surface area (Å²) in [5, 5.41) is 5.00. The number of hydrogen-bond acceptors (Lipinski definition) is 7. The minimum Gasteiger partial charge on any atom is -0.493 e. The topological polar surface area (TPSA) is 120 Å². The zero-order valence-electron chi connectivity index (χ0n) is 16.0. The number of rotatable bonds is 7. The highest BCUT2D eigenvalue weighted by atomic mass is 32.2. The summed E-state index contributed by atoms with van der Waals surface area (Å²) in [6.45, 7) is 1.95. The summed E-state index contributed by atoms with van der Waals surface area (Å²) in [7, 11) is -0.441. The number of nitrogens with two attached hydrogens (primary N) is 1. The van der Waals surface area contributed by atoms with Crippen molar-refractivity contribution in [2.24, 2.45) is 11.1 Å². The van der Waals surface area contributed by atoms with Crippen LogP contribution in [-0.4, -0.2) is 52.2 Å². The molecule has 0 bridgehead atoms. The molecule has 0 amide bonds. The zero-order valence-corrected chi connectivity index (χ0v) is 16.8. The molecule has 0 unspecified atom stereocenters. The number of hydrogen-bond donors (Lipinski definition) is 2. The molecule has 1 aliphatic heterocycles. The summed E-state index contributed by atoms with van der Waals surface area (Å²) in [4.78, 5) is 11.0. The Morgan fingerprint density at radius 1 is 1.14 bits per heavy atom. The molecule has 0 radical (unpaired) electrons. The Balaban J connectivity index is 1.69. The standard InChI is InChI=1S/C18H25N5O4S/c1-26-16-4-3-14(9-17(16)27-2)15-10-18(21-12-20-15)23-7-5-13(6-8-23)11-22-28(19,24)25/h3-4,9-10,12-13,22H,5-8,11H2,1-2H3,(H2,19,24,25). The molecule has 1 saturated heterocycles. The lowest BCUT2D eigenvalue weighted by Gasteiger charge is -2.32. The van der Waals surface area contributed by atoms with Gasteiger partial charge < -0.3 is 14.4 Å². The quantitative estimate of drug-likeness (QED) is 0.707. The minimum atomic E-state index is -3.64. The Labute approximate surface area is 165 Å². The molecule has 28 heavy (non-hydrogen) atoms. The van der Waals surface area contributed by atoms with Crippen molar-refractivity contribution in [2.75, 3.05) is 38.8 Å². The molecular formula is C18H25N5O4S. The van der Waals surface area contributed by atoms with Crippen LogP contribution in [0.3, 0.4) is 0 Å². The lowest BCUT2D eigenvalue weighted by Crippen LogP contribution is -2.40. The smallest absolute Gasteiger partial charge is 0.274 e. The summed E-state index contributed by atoms with van der Waals surface area (Å²) in [6.07, 6.45) is 3.27. The van der Waals surface area contributed by atoms with E-state index in [1.54, 1.807) is 20.5 Å². The molecule has 1 aromatic carbocycles. The Morgan fingerprint density at radius 2 is 1.86 bits per heavy atom. The first-order valence-corrected chi connectivity index (χ1v) is 10.5. The van der Waals surface area contributed by atoms with E-state index >= 15 is 0 Å². The molecule has 2 aromatic rings. The first kappa shape index (κ1) is 20.3. The molecule has 0 atom stereocenters. The number of methoxy groups -OCH3 is 2. The van der Waals surface area contributed by atoms with E-state index in [1.165, 1.54) is 0 Å². The average Bonchev–Trinajstić information content (AvgIpc) is 2.71. The molecular weight excluding hydrogens is 382 g/mol. The molecule has 3 N–H and O–H groups in total. The summed E-state index contributed by atoms with van der Waals surface area (Å²) < 4.78 is 35.1. The predicted molar refractivity (Wildman–Crippen MR) is 107 cm³/mol. The number of aromatic nitrogens is 2. The third kappa shape index (κ3) is 5.09. The fraction of sp³-hybridized carbons (Fsp3) is 0.444. The first-order chi connectivity index (χ1) is 13.4. The van der Waals surface area contributed by atoms with Gasteiger partial charge in [0.05, 0.1) is 19.9 Å². The molecule has 2 heterocycles. The molecule has 9 nitrogen and oxygen atoms in total. The van der Waals surface area contributed by atoms with E-state index in [1.807, 2.05) is 24.3 Å². The molecule has 1 aromatic heterocycles. The van der Waals surface area contributed by atoms with E-state index in [9.17, 15) is 8.42 Å². The van der Waals surface area contributed by atoms with Gasteiger partial charge in [-0.3, -0.25) is 0 Å². The van der Waals surface area contributed by atoms with Gasteiger partial charge in [-0.2, -0.15) is 8.42 Å². The monoisotopic (exact) mass is 407 g/mol. The number of piperidine rings is 1. The Morgan fingerprint density at radius 3 is 2.50 bits per heavy atom. The maximum absolute atomic E-state index is 11.0. The van der Waals surface area contributed by atoms with Gasteiger partial charge >= 0.3 is 0 Å². The van der Waals surface area contributed by atoms with Gasteiger partial charge in [0.1, 0.15) is 12.1 Å². The normalized spacial score (nSPS) is 15.5. The van der Waals surface area contributed by atoms with Crippen molar-refractivity contribution in [1.29, 1.82) is 0 Å². The second kappa shape index (κ2) is 8.72. The fourth-order valence-electron chi connectivity index (χ4n) is 3.27. The number of ether oxygens (including phenoxy) is 2. The Hall–Kier alpha value is -2.43. The lowest BCUT2D eigenvalue weighted by molar-refractivity contribution is 0.355. The first-order valence-electron chi connectivity index (χ1n) is 8.96. The third-order valence-electron chi connectivity index (χ3n) is 4.84. The van der Waals surface area contributed by atoms with Crippen LogP contribution >= 0.6 is 0 Å². The summed E-state index contributed by atoms with van der Waals surface area (Å²) in [5.74, 6) is 2.42. The van der Waals surface area contributed by atoms with Gasteiger partial charge in [0, 0.05) is 31.3 Å². The Bertz CT molecular complexity index is 914. The van der Waals surface area contributed by atoms with Crippen molar-refractivity contribution in [1.82, 2.24) is 14.7 Å². The molecule has 1 aliphatic rings. The summed E-state index contributed by atoms with van der Waals surface area (Å²) in [6, 6.07) is 7.61. The molecule has 10 heteroatoms. The molecule has 0 aliphatic carbocycles. The highest BCUT2D eigenvalue weighted by Crippen LogP contribution is 2.32. The van der Waals surface area contributed by atoms with Crippen LogP contribution in [0, 0.1) is 5.92 Å². The van der Waals surface area contributed by atoms with E-state index < -0.39 is 10.2 Å². The van der Waals surface area contributed by atoms with E-state index in [0.29, 0.717) is 18.0 Å². The molecule has 3 rings (SSSR count). The summed E-state index contributed by atoms with van der Waals surface area (Å²) in [5.41, 5.74) is 1.71. The van der Waals surface area contributed by atoms with E-state index in [0.717, 1.165) is 43.0 Å². The number of benzene rings is 1. The fourth-order valence-corrected chi connectivity index (χ4v) is 3.74. The maximum atomic E-state index is 11.0. The van der Waals surface area contributed by atoms with Crippen molar-refractivity contribution in [3.63, 3.8) is 0 Å². The number of nitrogens with one attached hydrogen (secondary N) is 1. The van der Waals surface area contributed by atoms with Crippen LogP contribution in [0.5, 0.6) is 11.5 Å². The number of nitrogens with zero attached hydrogens (tertiary/aromatic N) is 3. The minimum absolute atomic E-state index is 0.265. The van der Waals surface area contributed by atoms with Gasteiger partial charge in [0.15, 0.2) is 11.5 Å². The van der Waals surface area contributed by atoms with Gasteiger partial charge in [-0.15, -0.1) is 0 Å². The highest BCUT2D eigenvalue weighted by molar-refractivity contribution is 7.87. The second-order valence-electron chi connectivity index (χ2n) is 6.66. The van der Waals surface area contributed by atoms with Gasteiger partial charge in [0.2, 0.25) is 0 Å². The van der Waals surface area contributed by atoms with Gasteiger partial charge in [-0.25, -0.2) is 19.8 Å². The van der Waals surface area contributed by atoms with E-state index in [-0.39, 0.29) is 5.92 Å². The van der Waals surface area contributed by atoms with Crippen molar-refractivity contribution in [3.05, 3.63) is 30.6 Å². The van der Waals surface area contributed by atoms with Crippen molar-refractivity contribution in [3.8, 4) is 22.8 Å². The van der Waals surface area contributed by atoms with Crippen molar-refractivity contribution >= 4 is 16.0 Å². The van der Waals surface area contributed by atoms with Crippen LogP contribution in [0.15, 0.2) is 30.6 Å². The number of anilines is 1. The van der Waals surface area contributed by atoms with Crippen LogP contribution in [0.4, 0.5) is 5.82 Å². The van der Waals surface area contributed by atoms with Gasteiger partial charge in [-0.05, 0) is 37.0 Å². The van der Waals surface area contributed by atoms with Crippen LogP contribution in [0.2, 0.25) is 0 Å². The largest absolute Gasteiger partial charge is 0.493 e. The summed E-state index contributed by atoms with van der Waals surface area (Å²) >= 11 is 0. The van der Waals surface area contributed by atoms with Crippen LogP contribution in [0.25, 0.3) is 11.3 Å². The SMILES string of the molecule is COc1ccc(-c2cc(N3CCC(CNS(N)(=O)=O)CC3)ncn2)cc1OC. The van der Waals surface area contributed by atoms with Gasteiger partial charge in [-0.1, -0.05) is 0 Å². The zero-order chi connectivity index (χ0) is 20.1. The maximum Gasteiger partial charge on any atom is 0.274 e. The molecule has 1 fully saturated rings. The Kier molecular flexibility index (Phi) is 6.32. The molecule has 0 spiro atoms. The van der Waals surface area contributed by atoms with Crippen molar-refractivity contribution < 1.29 is 17.9 Å². The van der Waals surface area contributed by atoms with Gasteiger partial charge in [0.25, 0.3) is 10.2 Å². The van der Waals surface area contributed by atoms with Crippen LogP contribution < -0.4 is 24.2 Å². The molecule has 0 saturated carbocycles. The second-order valence-corrected chi connectivity index (χ2v) is 8.03. The van der Waals surface area contributed by atoms with Crippen LogP contribution in [-0.2, 0) is 10.2 Å². The predicted octanol–water partition coefficient (Wildman–Crippen LogP) is 1.17.